The Kier molecular flexibility index (Phi) is 6.16. The Morgan fingerprint density at radius 2 is 1.59 bits per heavy atom. The first-order valence-electron chi connectivity index (χ1n) is 9.34. The monoisotopic (exact) mass is 386 g/mol. The van der Waals surface area contributed by atoms with Crippen LogP contribution in [0, 0.1) is 0 Å². The Hall–Kier alpha value is -2.34. The Bertz CT molecular complexity index is 884. The summed E-state index contributed by atoms with van der Waals surface area (Å²) in [6.45, 7) is 2.01. The van der Waals surface area contributed by atoms with E-state index in [1.54, 1.807) is 24.3 Å². The maximum atomic E-state index is 12.7. The number of nitrogens with zero attached hydrogens (tertiary/aromatic N) is 1. The lowest BCUT2D eigenvalue weighted by Gasteiger charge is -2.25. The maximum Gasteiger partial charge on any atom is 0.255 e. The second kappa shape index (κ2) is 8.57. The van der Waals surface area contributed by atoms with Crippen molar-refractivity contribution in [2.45, 2.75) is 31.4 Å². The van der Waals surface area contributed by atoms with Crippen molar-refractivity contribution in [3.05, 3.63) is 59.7 Å². The highest BCUT2D eigenvalue weighted by Gasteiger charge is 2.15. The van der Waals surface area contributed by atoms with E-state index < -0.39 is 9.84 Å². The van der Waals surface area contributed by atoms with Gasteiger partial charge in [-0.25, -0.2) is 8.42 Å². The first-order valence-corrected chi connectivity index (χ1v) is 11.4. The fourth-order valence-corrected chi connectivity index (χ4v) is 4.21. The third-order valence-electron chi connectivity index (χ3n) is 4.74. The van der Waals surface area contributed by atoms with Gasteiger partial charge in [-0.1, -0.05) is 37.1 Å². The van der Waals surface area contributed by atoms with Crippen LogP contribution in [-0.4, -0.2) is 33.7 Å². The van der Waals surface area contributed by atoms with Gasteiger partial charge in [0.25, 0.3) is 5.91 Å². The fraction of sp³-hybridized carbons (Fsp3) is 0.381. The van der Waals surface area contributed by atoms with Gasteiger partial charge in [0.1, 0.15) is 0 Å². The SMILES string of the molecule is CS(=O)(=O)Cc1ccc(C(=O)Nc2ccccc2N2CCCCCC2)cc1. The summed E-state index contributed by atoms with van der Waals surface area (Å²) < 4.78 is 22.8. The number of nitrogens with one attached hydrogen (secondary N) is 1. The van der Waals surface area contributed by atoms with Crippen molar-refractivity contribution in [2.75, 3.05) is 29.6 Å². The molecular weight excluding hydrogens is 360 g/mol. The Balaban J connectivity index is 1.74. The summed E-state index contributed by atoms with van der Waals surface area (Å²) in [5, 5.41) is 3.01. The van der Waals surface area contributed by atoms with Crippen LogP contribution in [0.4, 0.5) is 11.4 Å². The molecule has 0 spiro atoms. The number of sulfone groups is 1. The normalized spacial score (nSPS) is 15.2. The van der Waals surface area contributed by atoms with Gasteiger partial charge in [-0.2, -0.15) is 0 Å². The molecule has 1 fully saturated rings. The predicted molar refractivity (Wildman–Crippen MR) is 110 cm³/mol. The molecule has 0 unspecified atom stereocenters. The average Bonchev–Trinajstić information content (AvgIpc) is 2.91. The van der Waals surface area contributed by atoms with E-state index in [2.05, 4.69) is 16.3 Å². The molecule has 0 bridgehead atoms. The summed E-state index contributed by atoms with van der Waals surface area (Å²) in [5.74, 6) is -0.213. The number of para-hydroxylation sites is 2. The zero-order valence-corrected chi connectivity index (χ0v) is 16.5. The van der Waals surface area contributed by atoms with Crippen LogP contribution < -0.4 is 10.2 Å². The van der Waals surface area contributed by atoms with Crippen molar-refractivity contribution in [3.63, 3.8) is 0 Å². The third-order valence-corrected chi connectivity index (χ3v) is 5.60. The quantitative estimate of drug-likeness (QED) is 0.847. The molecule has 0 aliphatic carbocycles. The number of carbonyl (C=O) groups is 1. The molecule has 27 heavy (non-hydrogen) atoms. The van der Waals surface area contributed by atoms with Gasteiger partial charge in [-0.15, -0.1) is 0 Å². The molecule has 1 saturated heterocycles. The van der Waals surface area contributed by atoms with Crippen LogP contribution in [0.3, 0.4) is 0 Å². The van der Waals surface area contributed by atoms with Gasteiger partial charge in [-0.05, 0) is 42.7 Å². The van der Waals surface area contributed by atoms with Crippen molar-refractivity contribution in [1.82, 2.24) is 0 Å². The molecule has 0 radical (unpaired) electrons. The van der Waals surface area contributed by atoms with Crippen LogP contribution in [0.5, 0.6) is 0 Å². The van der Waals surface area contributed by atoms with Gasteiger partial charge in [-0.3, -0.25) is 4.79 Å². The average molecular weight is 387 g/mol. The number of carbonyl (C=O) groups excluding carboxylic acids is 1. The van der Waals surface area contributed by atoms with Gasteiger partial charge < -0.3 is 10.2 Å². The van der Waals surface area contributed by atoms with E-state index in [1.807, 2.05) is 18.2 Å². The van der Waals surface area contributed by atoms with Crippen LogP contribution in [-0.2, 0) is 15.6 Å². The minimum atomic E-state index is -3.09. The molecule has 1 aliphatic heterocycles. The Labute approximate surface area is 161 Å². The zero-order chi connectivity index (χ0) is 19.3. The lowest BCUT2D eigenvalue weighted by Crippen LogP contribution is -2.25. The summed E-state index contributed by atoms with van der Waals surface area (Å²) in [6, 6.07) is 14.6. The van der Waals surface area contributed by atoms with E-state index in [9.17, 15) is 13.2 Å². The molecule has 5 nitrogen and oxygen atoms in total. The molecule has 0 aromatic heterocycles. The van der Waals surface area contributed by atoms with Crippen LogP contribution >= 0.6 is 0 Å². The summed E-state index contributed by atoms with van der Waals surface area (Å²) in [7, 11) is -3.09. The van der Waals surface area contributed by atoms with Gasteiger partial charge in [0.2, 0.25) is 0 Å². The second-order valence-electron chi connectivity index (χ2n) is 7.14. The van der Waals surface area contributed by atoms with Gasteiger partial charge in [0, 0.05) is 24.9 Å². The molecule has 0 saturated carbocycles. The van der Waals surface area contributed by atoms with Crippen molar-refractivity contribution in [3.8, 4) is 0 Å². The van der Waals surface area contributed by atoms with E-state index in [0.29, 0.717) is 11.1 Å². The van der Waals surface area contributed by atoms with E-state index in [4.69, 9.17) is 0 Å². The number of anilines is 2. The first kappa shape index (κ1) is 19.4. The molecule has 2 aromatic rings. The van der Waals surface area contributed by atoms with Crippen LogP contribution in [0.1, 0.15) is 41.6 Å². The van der Waals surface area contributed by atoms with Gasteiger partial charge >= 0.3 is 0 Å². The summed E-state index contributed by atoms with van der Waals surface area (Å²) in [4.78, 5) is 15.0. The minimum Gasteiger partial charge on any atom is -0.370 e. The highest BCUT2D eigenvalue weighted by atomic mass is 32.2. The largest absolute Gasteiger partial charge is 0.370 e. The number of amides is 1. The lowest BCUT2D eigenvalue weighted by molar-refractivity contribution is 0.102. The van der Waals surface area contributed by atoms with E-state index >= 15 is 0 Å². The van der Waals surface area contributed by atoms with Crippen molar-refractivity contribution >= 4 is 27.1 Å². The lowest BCUT2D eigenvalue weighted by atomic mass is 10.1. The van der Waals surface area contributed by atoms with Crippen LogP contribution in [0.2, 0.25) is 0 Å². The molecule has 0 atom stereocenters. The molecule has 1 N–H and O–H groups in total. The van der Waals surface area contributed by atoms with E-state index in [1.165, 1.54) is 31.9 Å². The molecular formula is C21H26N2O3S. The van der Waals surface area contributed by atoms with Gasteiger partial charge in [0.15, 0.2) is 9.84 Å². The molecule has 2 aromatic carbocycles. The highest BCUT2D eigenvalue weighted by Crippen LogP contribution is 2.28. The molecule has 1 aliphatic rings. The van der Waals surface area contributed by atoms with Crippen LogP contribution in [0.15, 0.2) is 48.5 Å². The van der Waals surface area contributed by atoms with E-state index in [0.717, 1.165) is 24.5 Å². The second-order valence-corrected chi connectivity index (χ2v) is 9.28. The van der Waals surface area contributed by atoms with Crippen molar-refractivity contribution in [2.24, 2.45) is 0 Å². The van der Waals surface area contributed by atoms with Gasteiger partial charge in [0.05, 0.1) is 17.1 Å². The number of hydrogen-bond acceptors (Lipinski definition) is 4. The standard InChI is InChI=1S/C21H26N2O3S/c1-27(25,26)16-17-10-12-18(13-11-17)21(24)22-19-8-4-5-9-20(19)23-14-6-2-3-7-15-23/h4-5,8-13H,2-3,6-7,14-16H2,1H3,(H,22,24). The summed E-state index contributed by atoms with van der Waals surface area (Å²) in [6.07, 6.45) is 6.05. The fourth-order valence-electron chi connectivity index (χ4n) is 3.42. The Morgan fingerprint density at radius 3 is 2.22 bits per heavy atom. The number of rotatable bonds is 5. The number of hydrogen-bond donors (Lipinski definition) is 1. The Morgan fingerprint density at radius 1 is 0.963 bits per heavy atom. The summed E-state index contributed by atoms with van der Waals surface area (Å²) in [5.41, 5.74) is 3.06. The first-order chi connectivity index (χ1) is 12.9. The molecule has 6 heteroatoms. The molecule has 3 rings (SSSR count). The molecule has 1 heterocycles. The maximum absolute atomic E-state index is 12.7. The van der Waals surface area contributed by atoms with Crippen molar-refractivity contribution in [1.29, 1.82) is 0 Å². The minimum absolute atomic E-state index is 0.0211. The molecule has 1 amide bonds. The van der Waals surface area contributed by atoms with E-state index in [-0.39, 0.29) is 11.7 Å². The topological polar surface area (TPSA) is 66.5 Å². The zero-order valence-electron chi connectivity index (χ0n) is 15.6. The predicted octanol–water partition coefficient (Wildman–Crippen LogP) is 3.86. The highest BCUT2D eigenvalue weighted by molar-refractivity contribution is 7.89. The third kappa shape index (κ3) is 5.57. The summed E-state index contributed by atoms with van der Waals surface area (Å²) >= 11 is 0. The van der Waals surface area contributed by atoms with Crippen LogP contribution in [0.25, 0.3) is 0 Å². The van der Waals surface area contributed by atoms with Crippen molar-refractivity contribution < 1.29 is 13.2 Å². The smallest absolute Gasteiger partial charge is 0.255 e. The molecule has 144 valence electrons. The number of benzene rings is 2.